The van der Waals surface area contributed by atoms with E-state index in [4.69, 9.17) is 23.2 Å². The molecule has 28 heavy (non-hydrogen) atoms. The number of carbonyl (C=O) groups excluding carboxylic acids is 3. The Bertz CT molecular complexity index is 905. The summed E-state index contributed by atoms with van der Waals surface area (Å²) in [5.41, 5.74) is 0.540. The summed E-state index contributed by atoms with van der Waals surface area (Å²) in [6, 6.07) is 8.51. The lowest BCUT2D eigenvalue weighted by Crippen LogP contribution is -2.45. The van der Waals surface area contributed by atoms with Crippen molar-refractivity contribution in [3.63, 3.8) is 0 Å². The van der Waals surface area contributed by atoms with Gasteiger partial charge in [0.05, 0.1) is 21.5 Å². The molecule has 0 spiro atoms. The molecule has 2 amide bonds. The summed E-state index contributed by atoms with van der Waals surface area (Å²) in [5.74, 6) is -0.504. The number of piperidine rings is 1. The van der Waals surface area contributed by atoms with Crippen molar-refractivity contribution >= 4 is 52.1 Å². The quantitative estimate of drug-likeness (QED) is 0.710. The maximum absolute atomic E-state index is 12.7. The molecule has 0 unspecified atom stereocenters. The SMILES string of the molecule is Cc1ccc(C(=O)NCC(=O)N2CCC(C(=O)c3ccc(Cl)c(Cl)c3)CC2)s1. The van der Waals surface area contributed by atoms with E-state index in [-0.39, 0.29) is 30.1 Å². The lowest BCUT2D eigenvalue weighted by Gasteiger charge is -2.31. The number of halogens is 2. The van der Waals surface area contributed by atoms with Crippen molar-refractivity contribution in [1.29, 1.82) is 0 Å². The number of Topliss-reactive ketones (excluding diaryl/α,β-unsaturated/α-hetero) is 1. The van der Waals surface area contributed by atoms with E-state index in [0.717, 1.165) is 4.88 Å². The minimum atomic E-state index is -0.240. The molecule has 1 N–H and O–H groups in total. The Morgan fingerprint density at radius 3 is 2.43 bits per heavy atom. The molecule has 2 heterocycles. The fourth-order valence-corrected chi connectivity index (χ4v) is 4.27. The van der Waals surface area contributed by atoms with Crippen LogP contribution in [-0.2, 0) is 4.79 Å². The number of ketones is 1. The van der Waals surface area contributed by atoms with E-state index in [1.54, 1.807) is 29.2 Å². The number of hydrogen-bond acceptors (Lipinski definition) is 4. The van der Waals surface area contributed by atoms with Gasteiger partial charge in [-0.05, 0) is 50.1 Å². The van der Waals surface area contributed by atoms with Crippen molar-refractivity contribution in [2.45, 2.75) is 19.8 Å². The summed E-state index contributed by atoms with van der Waals surface area (Å²) in [4.78, 5) is 40.4. The summed E-state index contributed by atoms with van der Waals surface area (Å²) >= 11 is 13.3. The van der Waals surface area contributed by atoms with Crippen molar-refractivity contribution in [2.24, 2.45) is 5.92 Å². The molecule has 0 saturated carbocycles. The van der Waals surface area contributed by atoms with Gasteiger partial charge in [-0.25, -0.2) is 0 Å². The summed E-state index contributed by atoms with van der Waals surface area (Å²) in [7, 11) is 0. The summed E-state index contributed by atoms with van der Waals surface area (Å²) < 4.78 is 0. The van der Waals surface area contributed by atoms with Crippen LogP contribution in [0.4, 0.5) is 0 Å². The Kier molecular flexibility index (Phi) is 6.75. The molecule has 1 aliphatic rings. The third-order valence-electron chi connectivity index (χ3n) is 4.79. The van der Waals surface area contributed by atoms with Crippen LogP contribution in [0.5, 0.6) is 0 Å². The molecule has 5 nitrogen and oxygen atoms in total. The smallest absolute Gasteiger partial charge is 0.261 e. The molecule has 1 saturated heterocycles. The molecule has 1 aromatic carbocycles. The number of nitrogens with one attached hydrogen (secondary N) is 1. The number of likely N-dealkylation sites (tertiary alicyclic amines) is 1. The van der Waals surface area contributed by atoms with Gasteiger partial charge in [-0.3, -0.25) is 14.4 Å². The first kappa shape index (κ1) is 20.8. The monoisotopic (exact) mass is 438 g/mol. The lowest BCUT2D eigenvalue weighted by molar-refractivity contribution is -0.131. The molecule has 1 aliphatic heterocycles. The molecule has 0 atom stereocenters. The van der Waals surface area contributed by atoms with E-state index in [1.165, 1.54) is 11.3 Å². The van der Waals surface area contributed by atoms with Crippen molar-refractivity contribution in [2.75, 3.05) is 19.6 Å². The highest BCUT2D eigenvalue weighted by Gasteiger charge is 2.28. The third-order valence-corrected chi connectivity index (χ3v) is 6.53. The Morgan fingerprint density at radius 2 is 1.82 bits per heavy atom. The highest BCUT2D eigenvalue weighted by Crippen LogP contribution is 2.27. The van der Waals surface area contributed by atoms with Gasteiger partial charge in [-0.15, -0.1) is 11.3 Å². The number of amides is 2. The number of nitrogens with zero attached hydrogens (tertiary/aromatic N) is 1. The van der Waals surface area contributed by atoms with E-state index in [0.29, 0.717) is 46.4 Å². The second-order valence-electron chi connectivity index (χ2n) is 6.74. The minimum absolute atomic E-state index is 0.0204. The molecule has 1 aromatic heterocycles. The normalized spacial score (nSPS) is 14.8. The van der Waals surface area contributed by atoms with E-state index in [2.05, 4.69) is 5.32 Å². The van der Waals surface area contributed by atoms with Crippen LogP contribution < -0.4 is 5.32 Å². The van der Waals surface area contributed by atoms with Crippen LogP contribution in [0, 0.1) is 12.8 Å². The van der Waals surface area contributed by atoms with Gasteiger partial charge in [0, 0.05) is 29.4 Å². The molecule has 1 fully saturated rings. The molecule has 8 heteroatoms. The average molecular weight is 439 g/mol. The second-order valence-corrected chi connectivity index (χ2v) is 8.84. The van der Waals surface area contributed by atoms with Crippen molar-refractivity contribution in [1.82, 2.24) is 10.2 Å². The minimum Gasteiger partial charge on any atom is -0.342 e. The third kappa shape index (κ3) is 4.93. The van der Waals surface area contributed by atoms with Gasteiger partial charge < -0.3 is 10.2 Å². The van der Waals surface area contributed by atoms with Crippen LogP contribution in [0.2, 0.25) is 10.0 Å². The number of carbonyl (C=O) groups is 3. The van der Waals surface area contributed by atoms with Crippen LogP contribution >= 0.6 is 34.5 Å². The van der Waals surface area contributed by atoms with Gasteiger partial charge in [-0.2, -0.15) is 0 Å². The largest absolute Gasteiger partial charge is 0.342 e. The lowest BCUT2D eigenvalue weighted by atomic mass is 9.89. The van der Waals surface area contributed by atoms with Gasteiger partial charge >= 0.3 is 0 Å². The Hall–Kier alpha value is -1.89. The van der Waals surface area contributed by atoms with Gasteiger partial charge in [0.25, 0.3) is 5.91 Å². The summed E-state index contributed by atoms with van der Waals surface area (Å²) in [6.45, 7) is 2.87. The zero-order valence-electron chi connectivity index (χ0n) is 15.3. The summed E-state index contributed by atoms with van der Waals surface area (Å²) in [5, 5.41) is 3.44. The zero-order valence-corrected chi connectivity index (χ0v) is 17.7. The molecule has 2 aromatic rings. The number of benzene rings is 1. The first-order chi connectivity index (χ1) is 13.3. The molecule has 0 bridgehead atoms. The van der Waals surface area contributed by atoms with Gasteiger partial charge in [0.15, 0.2) is 5.78 Å². The first-order valence-electron chi connectivity index (χ1n) is 8.97. The Morgan fingerprint density at radius 1 is 1.11 bits per heavy atom. The van der Waals surface area contributed by atoms with Crippen LogP contribution in [0.15, 0.2) is 30.3 Å². The second kappa shape index (κ2) is 9.07. The standard InChI is InChI=1S/C20H20Cl2N2O3S/c1-12-2-5-17(28-12)20(27)23-11-18(25)24-8-6-13(7-9-24)19(26)14-3-4-15(21)16(22)10-14/h2-5,10,13H,6-9,11H2,1H3,(H,23,27). The van der Waals surface area contributed by atoms with Crippen LogP contribution in [0.3, 0.4) is 0 Å². The fraction of sp³-hybridized carbons (Fsp3) is 0.350. The summed E-state index contributed by atoms with van der Waals surface area (Å²) in [6.07, 6.45) is 1.17. The van der Waals surface area contributed by atoms with E-state index in [9.17, 15) is 14.4 Å². The van der Waals surface area contributed by atoms with Crippen molar-refractivity contribution in [3.8, 4) is 0 Å². The Balaban J connectivity index is 1.49. The molecule has 3 rings (SSSR count). The van der Waals surface area contributed by atoms with Crippen LogP contribution in [0.25, 0.3) is 0 Å². The average Bonchev–Trinajstić information content (AvgIpc) is 3.14. The predicted molar refractivity (Wildman–Crippen MR) is 111 cm³/mol. The predicted octanol–water partition coefficient (Wildman–Crippen LogP) is 4.21. The molecule has 0 aliphatic carbocycles. The first-order valence-corrected chi connectivity index (χ1v) is 10.5. The number of aryl methyl sites for hydroxylation is 1. The Labute approximate surface area is 177 Å². The number of rotatable bonds is 5. The van der Waals surface area contributed by atoms with Gasteiger partial charge in [-0.1, -0.05) is 23.2 Å². The molecular weight excluding hydrogens is 419 g/mol. The van der Waals surface area contributed by atoms with Crippen molar-refractivity contribution in [3.05, 3.63) is 55.7 Å². The maximum atomic E-state index is 12.7. The van der Waals surface area contributed by atoms with Gasteiger partial charge in [0.1, 0.15) is 0 Å². The number of thiophene rings is 1. The molecule has 148 valence electrons. The zero-order chi connectivity index (χ0) is 20.3. The van der Waals surface area contributed by atoms with Crippen LogP contribution in [-0.4, -0.2) is 42.1 Å². The van der Waals surface area contributed by atoms with Gasteiger partial charge in [0.2, 0.25) is 5.91 Å². The van der Waals surface area contributed by atoms with Crippen LogP contribution in [0.1, 0.15) is 37.7 Å². The molecule has 0 radical (unpaired) electrons. The highest BCUT2D eigenvalue weighted by atomic mass is 35.5. The topological polar surface area (TPSA) is 66.5 Å². The van der Waals surface area contributed by atoms with E-state index >= 15 is 0 Å². The number of hydrogen-bond donors (Lipinski definition) is 1. The maximum Gasteiger partial charge on any atom is 0.261 e. The van der Waals surface area contributed by atoms with E-state index < -0.39 is 0 Å². The van der Waals surface area contributed by atoms with Crippen molar-refractivity contribution < 1.29 is 14.4 Å². The van der Waals surface area contributed by atoms with E-state index in [1.807, 2.05) is 13.0 Å². The highest BCUT2D eigenvalue weighted by molar-refractivity contribution is 7.13. The molecular formula is C20H20Cl2N2O3S. The fourth-order valence-electron chi connectivity index (χ4n) is 3.19.